The zero-order valence-corrected chi connectivity index (χ0v) is 23.9. The molecule has 0 saturated carbocycles. The number of anilines is 1. The molecule has 8 heteroatoms. The van der Waals surface area contributed by atoms with Gasteiger partial charge >= 0.3 is 5.97 Å². The molecule has 0 radical (unpaired) electrons. The molecule has 4 aromatic carbocycles. The van der Waals surface area contributed by atoms with Crippen LogP contribution in [0.25, 0.3) is 11.4 Å². The topological polar surface area (TPSA) is 104 Å². The molecular weight excluding hydrogens is 550 g/mol. The molecule has 3 N–H and O–H groups in total. The number of carbonyl (C=O) groups is 2. The molecule has 214 valence electrons. The minimum atomic E-state index is -0.945. The molecule has 0 aliphatic rings. The van der Waals surface area contributed by atoms with E-state index in [1.807, 2.05) is 85.8 Å². The monoisotopic (exact) mass is 581 g/mol. The van der Waals surface area contributed by atoms with Gasteiger partial charge in [-0.3, -0.25) is 9.59 Å². The molecule has 42 heavy (non-hydrogen) atoms. The summed E-state index contributed by atoms with van der Waals surface area (Å²) in [5, 5.41) is 12.9. The van der Waals surface area contributed by atoms with Crippen LogP contribution in [-0.4, -0.2) is 33.4 Å². The predicted molar refractivity (Wildman–Crippen MR) is 167 cm³/mol. The molecule has 5 rings (SSSR count). The Bertz CT molecular complexity index is 1620. The Labute approximate surface area is 251 Å². The van der Waals surface area contributed by atoms with Gasteiger partial charge < -0.3 is 20.1 Å². The number of aromatic nitrogens is 2. The molecule has 0 amide bonds. The maximum atomic E-state index is 13.2. The number of carbonyl (C=O) groups excluding carboxylic acids is 1. The lowest BCUT2D eigenvalue weighted by Crippen LogP contribution is -2.17. The number of nitrogens with one attached hydrogen (secondary N) is 2. The second-order valence-electron chi connectivity index (χ2n) is 9.72. The van der Waals surface area contributed by atoms with Gasteiger partial charge in [0, 0.05) is 34.5 Å². The number of imidazole rings is 1. The lowest BCUT2D eigenvalue weighted by Gasteiger charge is -2.21. The van der Waals surface area contributed by atoms with Crippen LogP contribution in [0, 0.1) is 6.92 Å². The minimum absolute atomic E-state index is 0. The van der Waals surface area contributed by atoms with E-state index in [-0.39, 0.29) is 24.6 Å². The molecule has 1 aromatic heterocycles. The molecule has 1 heterocycles. The highest BCUT2D eigenvalue weighted by molar-refractivity contribution is 6.12. The third kappa shape index (κ3) is 7.44. The summed E-state index contributed by atoms with van der Waals surface area (Å²) in [7, 11) is 0. The number of halogens is 1. The van der Waals surface area contributed by atoms with Crippen molar-refractivity contribution in [3.8, 4) is 17.1 Å². The van der Waals surface area contributed by atoms with Gasteiger partial charge in [-0.05, 0) is 36.8 Å². The number of carboxylic acid groups (broad SMARTS) is 1. The fraction of sp³-hybridized carbons (Fsp3) is 0.147. The average molecular weight is 582 g/mol. The van der Waals surface area contributed by atoms with Crippen molar-refractivity contribution in [3.63, 3.8) is 0 Å². The first-order valence-electron chi connectivity index (χ1n) is 13.5. The number of hydrogen-bond donors (Lipinski definition) is 3. The standard InChI is InChI=1S/C34H31N3O4.ClH/c1-23-29(37-34(35-23)26-12-6-3-7-13-26)20-21-41-27-18-16-24(17-19-27)31(22-32(38)39)36-30-15-9-8-14-28(30)33(40)25-10-4-2-5-11-25;/h2-19,31,36H,20-22H2,1H3,(H,35,37)(H,38,39);1H. The van der Waals surface area contributed by atoms with Gasteiger partial charge in [0.25, 0.3) is 0 Å². The average Bonchev–Trinajstić information content (AvgIpc) is 3.38. The van der Waals surface area contributed by atoms with Crippen LogP contribution in [0.1, 0.15) is 45.3 Å². The number of carboxylic acids is 1. The summed E-state index contributed by atoms with van der Waals surface area (Å²) in [5.74, 6) is 0.448. The van der Waals surface area contributed by atoms with E-state index in [1.54, 1.807) is 30.3 Å². The molecule has 7 nitrogen and oxygen atoms in total. The number of aliphatic carboxylic acids is 1. The summed E-state index contributed by atoms with van der Waals surface area (Å²) in [4.78, 5) is 32.9. The van der Waals surface area contributed by atoms with E-state index in [0.29, 0.717) is 35.6 Å². The molecule has 0 aliphatic carbocycles. The van der Waals surface area contributed by atoms with Crippen molar-refractivity contribution in [1.82, 2.24) is 9.97 Å². The first-order valence-corrected chi connectivity index (χ1v) is 13.5. The van der Waals surface area contributed by atoms with Crippen LogP contribution in [0.3, 0.4) is 0 Å². The van der Waals surface area contributed by atoms with Crippen LogP contribution in [0.15, 0.2) is 109 Å². The summed E-state index contributed by atoms with van der Waals surface area (Å²) in [5.41, 5.74) is 5.41. The van der Waals surface area contributed by atoms with Crippen LogP contribution >= 0.6 is 12.4 Å². The summed E-state index contributed by atoms with van der Waals surface area (Å²) in [6, 6.07) is 33.0. The summed E-state index contributed by atoms with van der Waals surface area (Å²) in [6.45, 7) is 2.44. The molecule has 0 bridgehead atoms. The van der Waals surface area contributed by atoms with E-state index in [2.05, 4.69) is 15.3 Å². The third-order valence-electron chi connectivity index (χ3n) is 6.85. The number of ether oxygens (including phenoxy) is 1. The van der Waals surface area contributed by atoms with Crippen LogP contribution in [0.4, 0.5) is 5.69 Å². The van der Waals surface area contributed by atoms with Crippen LogP contribution in [0.2, 0.25) is 0 Å². The Balaban J connectivity index is 0.00000405. The molecule has 0 saturated heterocycles. The van der Waals surface area contributed by atoms with E-state index in [9.17, 15) is 14.7 Å². The largest absolute Gasteiger partial charge is 0.493 e. The van der Waals surface area contributed by atoms with Crippen molar-refractivity contribution in [2.75, 3.05) is 11.9 Å². The number of aryl methyl sites for hydroxylation is 1. The fourth-order valence-corrected chi connectivity index (χ4v) is 4.71. The van der Waals surface area contributed by atoms with E-state index in [1.165, 1.54) is 0 Å². The Hall–Kier alpha value is -4.88. The van der Waals surface area contributed by atoms with E-state index < -0.39 is 12.0 Å². The maximum absolute atomic E-state index is 13.2. The lowest BCUT2D eigenvalue weighted by atomic mass is 9.99. The van der Waals surface area contributed by atoms with Gasteiger partial charge in [-0.2, -0.15) is 0 Å². The van der Waals surface area contributed by atoms with Gasteiger partial charge in [0.2, 0.25) is 0 Å². The number of aromatic amines is 1. The number of benzene rings is 4. The zero-order chi connectivity index (χ0) is 28.6. The second kappa shape index (κ2) is 14.1. The van der Waals surface area contributed by atoms with E-state index >= 15 is 0 Å². The number of hydrogen-bond acceptors (Lipinski definition) is 5. The fourth-order valence-electron chi connectivity index (χ4n) is 4.71. The molecule has 1 atom stereocenters. The van der Waals surface area contributed by atoms with Crippen molar-refractivity contribution in [3.05, 3.63) is 137 Å². The van der Waals surface area contributed by atoms with Gasteiger partial charge in [-0.15, -0.1) is 12.4 Å². The number of nitrogens with zero attached hydrogens (tertiary/aromatic N) is 1. The van der Waals surface area contributed by atoms with E-state index in [0.717, 1.165) is 28.3 Å². The maximum Gasteiger partial charge on any atom is 0.305 e. The zero-order valence-electron chi connectivity index (χ0n) is 23.1. The first-order chi connectivity index (χ1) is 20.0. The number of rotatable bonds is 12. The lowest BCUT2D eigenvalue weighted by molar-refractivity contribution is -0.137. The first kappa shape index (κ1) is 30.1. The van der Waals surface area contributed by atoms with Crippen molar-refractivity contribution >= 4 is 29.8 Å². The van der Waals surface area contributed by atoms with Crippen molar-refractivity contribution in [1.29, 1.82) is 0 Å². The normalized spacial score (nSPS) is 11.3. The number of H-pyrrole nitrogens is 1. The highest BCUT2D eigenvalue weighted by Crippen LogP contribution is 2.28. The van der Waals surface area contributed by atoms with Crippen LogP contribution in [-0.2, 0) is 11.2 Å². The summed E-state index contributed by atoms with van der Waals surface area (Å²) in [6.07, 6.45) is 0.514. The quantitative estimate of drug-likeness (QED) is 0.134. The molecule has 5 aromatic rings. The summed E-state index contributed by atoms with van der Waals surface area (Å²) >= 11 is 0. The van der Waals surface area contributed by atoms with Crippen LogP contribution < -0.4 is 10.1 Å². The Morgan fingerprint density at radius 1 is 0.881 bits per heavy atom. The molecule has 1 unspecified atom stereocenters. The molecule has 0 aliphatic heterocycles. The Kier molecular flexibility index (Phi) is 10.1. The number of para-hydroxylation sites is 1. The third-order valence-corrected chi connectivity index (χ3v) is 6.85. The Morgan fingerprint density at radius 3 is 2.21 bits per heavy atom. The summed E-state index contributed by atoms with van der Waals surface area (Å²) < 4.78 is 5.98. The molecule has 0 spiro atoms. The van der Waals surface area contributed by atoms with Gasteiger partial charge in [-0.1, -0.05) is 84.9 Å². The van der Waals surface area contributed by atoms with Crippen molar-refractivity contribution < 1.29 is 19.4 Å². The van der Waals surface area contributed by atoms with Gasteiger partial charge in [0.1, 0.15) is 11.6 Å². The SMILES string of the molecule is Cc1nc(-c2ccccc2)[nH]c1CCOc1ccc(C(CC(=O)O)Nc2ccccc2C(=O)c2ccccc2)cc1.Cl. The highest BCUT2D eigenvalue weighted by Gasteiger charge is 2.20. The number of ketones is 1. The van der Waals surface area contributed by atoms with Gasteiger partial charge in [0.05, 0.1) is 24.8 Å². The smallest absolute Gasteiger partial charge is 0.305 e. The highest BCUT2D eigenvalue weighted by atomic mass is 35.5. The predicted octanol–water partition coefficient (Wildman–Crippen LogP) is 7.29. The minimum Gasteiger partial charge on any atom is -0.493 e. The second-order valence-corrected chi connectivity index (χ2v) is 9.72. The Morgan fingerprint density at radius 2 is 1.52 bits per heavy atom. The van der Waals surface area contributed by atoms with Crippen LogP contribution in [0.5, 0.6) is 5.75 Å². The van der Waals surface area contributed by atoms with Crippen molar-refractivity contribution in [2.45, 2.75) is 25.8 Å². The van der Waals surface area contributed by atoms with Crippen molar-refractivity contribution in [2.24, 2.45) is 0 Å². The molecular formula is C34H32ClN3O4. The molecule has 0 fully saturated rings. The van der Waals surface area contributed by atoms with Gasteiger partial charge in [0.15, 0.2) is 5.78 Å². The van der Waals surface area contributed by atoms with Gasteiger partial charge in [-0.25, -0.2) is 4.98 Å². The van der Waals surface area contributed by atoms with E-state index in [4.69, 9.17) is 4.74 Å².